The van der Waals surface area contributed by atoms with E-state index in [2.05, 4.69) is 4.98 Å². The third-order valence-electron chi connectivity index (χ3n) is 5.02. The number of carbonyl (C=O) groups excluding carboxylic acids is 2. The molecule has 0 radical (unpaired) electrons. The molecule has 2 aromatic heterocycles. The van der Waals surface area contributed by atoms with Crippen molar-refractivity contribution in [3.63, 3.8) is 0 Å². The van der Waals surface area contributed by atoms with Crippen LogP contribution in [0.5, 0.6) is 0 Å². The summed E-state index contributed by atoms with van der Waals surface area (Å²) in [5, 5.41) is 12.6. The van der Waals surface area contributed by atoms with Gasteiger partial charge in [-0.15, -0.1) is 11.3 Å². The summed E-state index contributed by atoms with van der Waals surface area (Å²) in [4.78, 5) is 32.5. The zero-order valence-electron chi connectivity index (χ0n) is 15.7. The van der Waals surface area contributed by atoms with Crippen molar-refractivity contribution in [1.29, 1.82) is 0 Å². The van der Waals surface area contributed by atoms with Crippen LogP contribution in [0.1, 0.15) is 28.5 Å². The van der Waals surface area contributed by atoms with Gasteiger partial charge in [-0.3, -0.25) is 14.6 Å². The molecule has 1 aliphatic heterocycles. The summed E-state index contributed by atoms with van der Waals surface area (Å²) in [5.41, 5.74) is 1.98. The van der Waals surface area contributed by atoms with Crippen LogP contribution in [0.4, 0.5) is 0 Å². The molecular formula is C23H20N2O3S. The second kappa shape index (κ2) is 8.41. The smallest absolute Gasteiger partial charge is 0.290 e. The first-order valence-electron chi connectivity index (χ1n) is 9.38. The number of amides is 1. The number of hydrogen-bond acceptors (Lipinski definition) is 5. The Morgan fingerprint density at radius 3 is 2.52 bits per heavy atom. The molecule has 146 valence electrons. The van der Waals surface area contributed by atoms with E-state index in [0.29, 0.717) is 13.0 Å². The second-order valence-corrected chi connectivity index (χ2v) is 7.90. The standard InChI is InChI=1S/C23H20N2O3S/c26-19(9-8-16-5-2-1-3-6-16)20-21(17-10-12-24-13-11-17)25(23(28)22(20)27)15-18-7-4-14-29-18/h1-7,10-14,21,27H,8-9,15H2. The predicted molar refractivity (Wildman–Crippen MR) is 111 cm³/mol. The van der Waals surface area contributed by atoms with E-state index in [0.717, 1.165) is 16.0 Å². The van der Waals surface area contributed by atoms with Crippen LogP contribution >= 0.6 is 11.3 Å². The van der Waals surface area contributed by atoms with Gasteiger partial charge < -0.3 is 10.0 Å². The molecule has 1 N–H and O–H groups in total. The number of pyridine rings is 1. The van der Waals surface area contributed by atoms with Crippen LogP contribution in [0.2, 0.25) is 0 Å². The van der Waals surface area contributed by atoms with E-state index in [1.807, 2.05) is 47.8 Å². The number of carbonyl (C=O) groups is 2. The van der Waals surface area contributed by atoms with Crippen molar-refractivity contribution >= 4 is 23.0 Å². The topological polar surface area (TPSA) is 70.5 Å². The lowest BCUT2D eigenvalue weighted by Crippen LogP contribution is -2.30. The number of nitrogens with zero attached hydrogens (tertiary/aromatic N) is 2. The number of ketones is 1. The Balaban J connectivity index is 1.64. The minimum absolute atomic E-state index is 0.175. The molecule has 29 heavy (non-hydrogen) atoms. The Kier molecular flexibility index (Phi) is 5.53. The Morgan fingerprint density at radius 1 is 1.07 bits per heavy atom. The third-order valence-corrected chi connectivity index (χ3v) is 5.88. The SMILES string of the molecule is O=C(CCc1ccccc1)C1=C(O)C(=O)N(Cc2cccs2)C1c1ccncc1. The van der Waals surface area contributed by atoms with E-state index in [1.165, 1.54) is 11.3 Å². The number of Topliss-reactive ketones (excluding diaryl/α,β-unsaturated/α-hetero) is 1. The largest absolute Gasteiger partial charge is 0.503 e. The van der Waals surface area contributed by atoms with Crippen LogP contribution in [0.25, 0.3) is 0 Å². The van der Waals surface area contributed by atoms with E-state index >= 15 is 0 Å². The lowest BCUT2D eigenvalue weighted by molar-refractivity contribution is -0.130. The highest BCUT2D eigenvalue weighted by atomic mass is 32.1. The Morgan fingerprint density at radius 2 is 1.83 bits per heavy atom. The van der Waals surface area contributed by atoms with Gasteiger partial charge in [0, 0.05) is 23.7 Å². The molecule has 0 saturated heterocycles. The maximum absolute atomic E-state index is 13.1. The summed E-state index contributed by atoms with van der Waals surface area (Å²) in [6.07, 6.45) is 4.04. The molecule has 3 heterocycles. The Hall–Kier alpha value is -3.25. The highest BCUT2D eigenvalue weighted by Gasteiger charge is 2.43. The van der Waals surface area contributed by atoms with Gasteiger partial charge in [0.1, 0.15) is 0 Å². The molecule has 0 fully saturated rings. The Labute approximate surface area is 173 Å². The molecule has 1 aromatic carbocycles. The van der Waals surface area contributed by atoms with E-state index in [-0.39, 0.29) is 17.8 Å². The van der Waals surface area contributed by atoms with E-state index in [4.69, 9.17) is 0 Å². The molecule has 0 saturated carbocycles. The number of benzene rings is 1. The van der Waals surface area contributed by atoms with Gasteiger partial charge in [0.15, 0.2) is 11.5 Å². The van der Waals surface area contributed by atoms with Crippen LogP contribution in [0.15, 0.2) is 83.7 Å². The van der Waals surface area contributed by atoms with Crippen LogP contribution < -0.4 is 0 Å². The van der Waals surface area contributed by atoms with Crippen molar-refractivity contribution in [2.24, 2.45) is 0 Å². The molecule has 1 amide bonds. The lowest BCUT2D eigenvalue weighted by atomic mass is 9.94. The summed E-state index contributed by atoms with van der Waals surface area (Å²) < 4.78 is 0. The van der Waals surface area contributed by atoms with Gasteiger partial charge >= 0.3 is 0 Å². The minimum Gasteiger partial charge on any atom is -0.503 e. The van der Waals surface area contributed by atoms with Crippen molar-refractivity contribution in [1.82, 2.24) is 9.88 Å². The first-order valence-corrected chi connectivity index (χ1v) is 10.3. The number of hydrogen-bond donors (Lipinski definition) is 1. The zero-order valence-corrected chi connectivity index (χ0v) is 16.5. The summed E-state index contributed by atoms with van der Waals surface area (Å²) in [7, 11) is 0. The summed E-state index contributed by atoms with van der Waals surface area (Å²) in [6.45, 7) is 0.336. The van der Waals surface area contributed by atoms with E-state index in [1.54, 1.807) is 29.4 Å². The lowest BCUT2D eigenvalue weighted by Gasteiger charge is -2.26. The fourth-order valence-corrected chi connectivity index (χ4v) is 4.30. The molecule has 1 aliphatic rings. The predicted octanol–water partition coefficient (Wildman–Crippen LogP) is 4.24. The van der Waals surface area contributed by atoms with E-state index in [9.17, 15) is 14.7 Å². The first-order chi connectivity index (χ1) is 14.1. The molecular weight excluding hydrogens is 384 g/mol. The average molecular weight is 404 g/mol. The number of thiophene rings is 1. The van der Waals surface area contributed by atoms with E-state index < -0.39 is 17.7 Å². The summed E-state index contributed by atoms with van der Waals surface area (Å²) in [5.74, 6) is -1.17. The van der Waals surface area contributed by atoms with Crippen molar-refractivity contribution < 1.29 is 14.7 Å². The molecule has 0 bridgehead atoms. The number of aliphatic hydroxyl groups is 1. The second-order valence-electron chi connectivity index (χ2n) is 6.87. The van der Waals surface area contributed by atoms with Crippen molar-refractivity contribution in [2.45, 2.75) is 25.4 Å². The number of aromatic nitrogens is 1. The van der Waals surface area contributed by atoms with Gasteiger partial charge in [-0.25, -0.2) is 0 Å². The fourth-order valence-electron chi connectivity index (χ4n) is 3.60. The minimum atomic E-state index is -0.615. The van der Waals surface area contributed by atoms with Crippen molar-refractivity contribution in [2.75, 3.05) is 0 Å². The third kappa shape index (κ3) is 3.98. The maximum Gasteiger partial charge on any atom is 0.290 e. The molecule has 1 unspecified atom stereocenters. The van der Waals surface area contributed by atoms with Crippen LogP contribution in [0, 0.1) is 0 Å². The van der Waals surface area contributed by atoms with Gasteiger partial charge in [0.2, 0.25) is 0 Å². The fraction of sp³-hybridized carbons (Fsp3) is 0.174. The highest BCUT2D eigenvalue weighted by molar-refractivity contribution is 7.09. The first kappa shape index (κ1) is 19.1. The van der Waals surface area contributed by atoms with Gasteiger partial charge in [-0.1, -0.05) is 36.4 Å². The van der Waals surface area contributed by atoms with Gasteiger partial charge in [0.25, 0.3) is 5.91 Å². The quantitative estimate of drug-likeness (QED) is 0.639. The number of aliphatic hydroxyl groups excluding tert-OH is 1. The molecule has 1 atom stereocenters. The Bertz CT molecular complexity index is 1030. The molecule has 4 rings (SSSR count). The highest BCUT2D eigenvalue weighted by Crippen LogP contribution is 2.39. The number of rotatable bonds is 7. The van der Waals surface area contributed by atoms with Crippen molar-refractivity contribution in [3.05, 3.63) is 99.7 Å². The zero-order chi connectivity index (χ0) is 20.2. The van der Waals surface area contributed by atoms with Crippen LogP contribution in [-0.4, -0.2) is 26.7 Å². The molecule has 5 nitrogen and oxygen atoms in total. The van der Waals surface area contributed by atoms with Crippen molar-refractivity contribution in [3.8, 4) is 0 Å². The monoisotopic (exact) mass is 404 g/mol. The van der Waals surface area contributed by atoms with Crippen LogP contribution in [-0.2, 0) is 22.6 Å². The van der Waals surface area contributed by atoms with Gasteiger partial charge in [-0.05, 0) is 41.1 Å². The van der Waals surface area contributed by atoms with Gasteiger partial charge in [0.05, 0.1) is 18.2 Å². The number of aryl methyl sites for hydroxylation is 1. The normalized spacial score (nSPS) is 16.5. The molecule has 0 aliphatic carbocycles. The summed E-state index contributed by atoms with van der Waals surface area (Å²) >= 11 is 1.54. The van der Waals surface area contributed by atoms with Gasteiger partial charge in [-0.2, -0.15) is 0 Å². The maximum atomic E-state index is 13.1. The molecule has 0 spiro atoms. The van der Waals surface area contributed by atoms with Crippen LogP contribution in [0.3, 0.4) is 0 Å². The molecule has 3 aromatic rings. The average Bonchev–Trinajstić information content (AvgIpc) is 3.36. The molecule has 6 heteroatoms. The summed E-state index contributed by atoms with van der Waals surface area (Å²) in [6, 6.07) is 16.5.